The molecule has 3 rings (SSSR count). The molecule has 2 aromatic rings. The molecule has 0 saturated carbocycles. The maximum atomic E-state index is 12.9. The summed E-state index contributed by atoms with van der Waals surface area (Å²) in [6, 6.07) is 9.01. The van der Waals surface area contributed by atoms with Gasteiger partial charge in [-0.15, -0.1) is 0 Å². The van der Waals surface area contributed by atoms with Gasteiger partial charge in [-0.2, -0.15) is 13.2 Å². The first-order valence-electron chi connectivity index (χ1n) is 7.53. The molecule has 0 radical (unpaired) electrons. The van der Waals surface area contributed by atoms with Crippen LogP contribution in [0.2, 0.25) is 0 Å². The van der Waals surface area contributed by atoms with E-state index in [0.717, 1.165) is 28.8 Å². The lowest BCUT2D eigenvalue weighted by molar-refractivity contribution is -0.137. The Hall–Kier alpha value is -2.52. The summed E-state index contributed by atoms with van der Waals surface area (Å²) in [6.07, 6.45) is -3.01. The topological polar surface area (TPSA) is 49.8 Å². The molecule has 140 valence electrons. The van der Waals surface area contributed by atoms with Crippen LogP contribution in [0.15, 0.2) is 47.4 Å². The second-order valence-electron chi connectivity index (χ2n) is 5.50. The number of carbonyl (C=O) groups is 1. The summed E-state index contributed by atoms with van der Waals surface area (Å²) in [5.74, 6) is -0.345. The first kappa shape index (κ1) is 19.2. The number of hydrogen-bond acceptors (Lipinski definition) is 5. The third-order valence-electron chi connectivity index (χ3n) is 3.73. The highest BCUT2D eigenvalue weighted by molar-refractivity contribution is 8.27. The summed E-state index contributed by atoms with van der Waals surface area (Å²) in [5, 5.41) is 9.83. The number of thiocarbonyl (C=S) groups is 1. The van der Waals surface area contributed by atoms with Crippen molar-refractivity contribution in [3.05, 3.63) is 58.5 Å². The lowest BCUT2D eigenvalue weighted by Crippen LogP contribution is -2.27. The largest absolute Gasteiger partial charge is 0.504 e. The van der Waals surface area contributed by atoms with E-state index >= 15 is 0 Å². The minimum atomic E-state index is -4.52. The smallest absolute Gasteiger partial charge is 0.416 e. The number of amides is 1. The molecule has 0 atom stereocenters. The monoisotopic (exact) mass is 411 g/mol. The molecule has 2 aromatic carbocycles. The number of phenols is 1. The van der Waals surface area contributed by atoms with E-state index in [0.29, 0.717) is 5.56 Å². The van der Waals surface area contributed by atoms with Crippen LogP contribution in [-0.4, -0.2) is 22.4 Å². The average molecular weight is 411 g/mol. The zero-order valence-electron chi connectivity index (χ0n) is 13.8. The van der Waals surface area contributed by atoms with E-state index in [9.17, 15) is 23.1 Å². The Balaban J connectivity index is 1.93. The number of nitrogens with zero attached hydrogens (tertiary/aromatic N) is 1. The summed E-state index contributed by atoms with van der Waals surface area (Å²) >= 11 is 6.15. The molecule has 1 N–H and O–H groups in total. The van der Waals surface area contributed by atoms with Gasteiger partial charge in [-0.1, -0.05) is 36.1 Å². The normalized spacial score (nSPS) is 16.3. The highest BCUT2D eigenvalue weighted by Crippen LogP contribution is 2.39. The van der Waals surface area contributed by atoms with Crippen molar-refractivity contribution >= 4 is 46.0 Å². The van der Waals surface area contributed by atoms with E-state index < -0.39 is 17.6 Å². The number of hydrogen-bond donors (Lipinski definition) is 1. The third kappa shape index (κ3) is 3.93. The Kier molecular flexibility index (Phi) is 5.16. The fourth-order valence-electron chi connectivity index (χ4n) is 2.46. The van der Waals surface area contributed by atoms with Crippen molar-refractivity contribution in [2.75, 3.05) is 12.0 Å². The van der Waals surface area contributed by atoms with Crippen molar-refractivity contribution in [1.82, 2.24) is 0 Å². The highest BCUT2D eigenvalue weighted by atomic mass is 32.2. The standard InChI is InChI=1S/C18H12F3NO3S2/c1-25-14-6-5-10(7-13(14)23)8-15-16(24)22(17(26)27-15)12-4-2-3-11(9-12)18(19,20)21/h2-9,23H,1H3/b15-8-. The summed E-state index contributed by atoms with van der Waals surface area (Å²) in [5.41, 5.74) is -0.288. The number of thioether (sulfide) groups is 1. The number of ether oxygens (including phenoxy) is 1. The second kappa shape index (κ2) is 7.24. The van der Waals surface area contributed by atoms with E-state index in [2.05, 4.69) is 0 Å². The molecule has 1 amide bonds. The molecular weight excluding hydrogens is 399 g/mol. The number of methoxy groups -OCH3 is 1. The molecule has 0 aromatic heterocycles. The average Bonchev–Trinajstić information content (AvgIpc) is 2.88. The number of halogens is 3. The van der Waals surface area contributed by atoms with Gasteiger partial charge in [-0.05, 0) is 42.0 Å². The minimum Gasteiger partial charge on any atom is -0.504 e. The van der Waals surface area contributed by atoms with Gasteiger partial charge < -0.3 is 9.84 Å². The number of rotatable bonds is 3. The van der Waals surface area contributed by atoms with E-state index in [-0.39, 0.29) is 26.4 Å². The summed E-state index contributed by atoms with van der Waals surface area (Å²) in [7, 11) is 1.41. The van der Waals surface area contributed by atoms with E-state index in [1.807, 2.05) is 0 Å². The van der Waals surface area contributed by atoms with Crippen molar-refractivity contribution < 1.29 is 27.8 Å². The zero-order chi connectivity index (χ0) is 19.8. The van der Waals surface area contributed by atoms with Gasteiger partial charge in [0.15, 0.2) is 15.8 Å². The predicted molar refractivity (Wildman–Crippen MR) is 102 cm³/mol. The Morgan fingerprint density at radius 2 is 1.96 bits per heavy atom. The number of benzene rings is 2. The summed E-state index contributed by atoms with van der Waals surface area (Å²) < 4.78 is 43.9. The Morgan fingerprint density at radius 1 is 1.22 bits per heavy atom. The first-order valence-corrected chi connectivity index (χ1v) is 8.75. The Bertz CT molecular complexity index is 957. The lowest BCUT2D eigenvalue weighted by atomic mass is 10.1. The number of phenolic OH excluding ortho intramolecular Hbond substituents is 1. The molecule has 4 nitrogen and oxygen atoms in total. The Morgan fingerprint density at radius 3 is 2.59 bits per heavy atom. The van der Waals surface area contributed by atoms with E-state index in [1.54, 1.807) is 6.07 Å². The van der Waals surface area contributed by atoms with Gasteiger partial charge in [0.05, 0.1) is 23.3 Å². The van der Waals surface area contributed by atoms with Crippen LogP contribution in [-0.2, 0) is 11.0 Å². The molecule has 1 heterocycles. The van der Waals surface area contributed by atoms with E-state index in [1.165, 1.54) is 37.5 Å². The predicted octanol–water partition coefficient (Wildman–Crippen LogP) is 4.83. The van der Waals surface area contributed by atoms with Crippen LogP contribution in [0.25, 0.3) is 6.08 Å². The van der Waals surface area contributed by atoms with Crippen LogP contribution < -0.4 is 9.64 Å². The molecule has 0 bridgehead atoms. The maximum absolute atomic E-state index is 12.9. The second-order valence-corrected chi connectivity index (χ2v) is 7.17. The van der Waals surface area contributed by atoms with Crippen LogP contribution in [0.5, 0.6) is 11.5 Å². The zero-order valence-corrected chi connectivity index (χ0v) is 15.4. The van der Waals surface area contributed by atoms with Crippen LogP contribution in [0.3, 0.4) is 0 Å². The van der Waals surface area contributed by atoms with Gasteiger partial charge in [0.1, 0.15) is 0 Å². The van der Waals surface area contributed by atoms with Crippen molar-refractivity contribution in [3.63, 3.8) is 0 Å². The molecule has 1 aliphatic rings. The van der Waals surface area contributed by atoms with Gasteiger partial charge >= 0.3 is 6.18 Å². The highest BCUT2D eigenvalue weighted by Gasteiger charge is 2.36. The molecule has 1 aliphatic heterocycles. The van der Waals surface area contributed by atoms with Crippen LogP contribution >= 0.6 is 24.0 Å². The van der Waals surface area contributed by atoms with Gasteiger partial charge in [0.2, 0.25) is 0 Å². The lowest BCUT2D eigenvalue weighted by Gasteiger charge is -2.16. The van der Waals surface area contributed by atoms with E-state index in [4.69, 9.17) is 17.0 Å². The van der Waals surface area contributed by atoms with Crippen molar-refractivity contribution in [1.29, 1.82) is 0 Å². The van der Waals surface area contributed by atoms with Crippen molar-refractivity contribution in [2.45, 2.75) is 6.18 Å². The summed E-state index contributed by atoms with van der Waals surface area (Å²) in [6.45, 7) is 0. The third-order valence-corrected chi connectivity index (χ3v) is 5.03. The van der Waals surface area contributed by atoms with Crippen LogP contribution in [0.4, 0.5) is 18.9 Å². The number of anilines is 1. The quantitative estimate of drug-likeness (QED) is 0.579. The molecule has 1 fully saturated rings. The van der Waals surface area contributed by atoms with Gasteiger partial charge in [0, 0.05) is 0 Å². The molecule has 27 heavy (non-hydrogen) atoms. The summed E-state index contributed by atoms with van der Waals surface area (Å²) in [4.78, 5) is 14.0. The minimum absolute atomic E-state index is 0.0494. The molecule has 9 heteroatoms. The first-order chi connectivity index (χ1) is 12.7. The number of carbonyl (C=O) groups excluding carboxylic acids is 1. The molecule has 0 aliphatic carbocycles. The number of aromatic hydroxyl groups is 1. The van der Waals surface area contributed by atoms with Crippen LogP contribution in [0, 0.1) is 0 Å². The molecule has 0 unspecified atom stereocenters. The fourth-order valence-corrected chi connectivity index (χ4v) is 3.76. The Labute approximate surface area is 162 Å². The maximum Gasteiger partial charge on any atom is 0.416 e. The van der Waals surface area contributed by atoms with Crippen LogP contribution in [0.1, 0.15) is 11.1 Å². The molecule has 0 spiro atoms. The molecular formula is C18H12F3NO3S2. The SMILES string of the molecule is COc1ccc(/C=C2\SC(=S)N(c3cccc(C(F)(F)F)c3)C2=O)cc1O. The number of alkyl halides is 3. The van der Waals surface area contributed by atoms with Crippen molar-refractivity contribution in [3.8, 4) is 11.5 Å². The van der Waals surface area contributed by atoms with Gasteiger partial charge in [0.25, 0.3) is 5.91 Å². The van der Waals surface area contributed by atoms with Gasteiger partial charge in [-0.25, -0.2) is 0 Å². The fraction of sp³-hybridized carbons (Fsp3) is 0.111. The van der Waals surface area contributed by atoms with Gasteiger partial charge in [-0.3, -0.25) is 9.69 Å². The van der Waals surface area contributed by atoms with Crippen molar-refractivity contribution in [2.24, 2.45) is 0 Å². The molecule has 1 saturated heterocycles.